The number of rotatable bonds is 14. The fraction of sp³-hybridized carbons (Fsp3) is 0.889. The summed E-state index contributed by atoms with van der Waals surface area (Å²) in [6.45, 7) is 8.55. The van der Waals surface area contributed by atoms with E-state index in [1.807, 2.05) is 0 Å². The second-order valence-corrected chi connectivity index (χ2v) is 6.34. The molecule has 1 unspecified atom stereocenters. The highest BCUT2D eigenvalue weighted by atomic mass is 35.5. The summed E-state index contributed by atoms with van der Waals surface area (Å²) in [4.78, 5) is 3.85. The van der Waals surface area contributed by atoms with E-state index in [9.17, 15) is 0 Å². The van der Waals surface area contributed by atoms with Crippen LogP contribution in [0.15, 0.2) is 12.4 Å². The number of nitrogens with one attached hydrogen (secondary N) is 1. The van der Waals surface area contributed by atoms with E-state index in [1.165, 1.54) is 70.8 Å². The molecule has 1 atom stereocenters. The minimum absolute atomic E-state index is 0. The molecule has 0 amide bonds. The zero-order valence-corrected chi connectivity index (χ0v) is 15.5. The molecule has 0 bridgehead atoms. The van der Waals surface area contributed by atoms with Gasteiger partial charge in [-0.05, 0) is 12.8 Å². The van der Waals surface area contributed by atoms with Gasteiger partial charge >= 0.3 is 0 Å². The second kappa shape index (κ2) is 15.6. The van der Waals surface area contributed by atoms with Gasteiger partial charge in [-0.15, -0.1) is 0 Å². The molecule has 1 heterocycles. The van der Waals surface area contributed by atoms with Crippen molar-refractivity contribution in [2.75, 3.05) is 26.6 Å². The summed E-state index contributed by atoms with van der Waals surface area (Å²) in [5.41, 5.74) is 0. The molecule has 1 aliphatic rings. The Balaban J connectivity index is 0.00000441. The van der Waals surface area contributed by atoms with Gasteiger partial charge in [0.2, 0.25) is 0 Å². The molecule has 4 heteroatoms. The lowest BCUT2D eigenvalue weighted by Gasteiger charge is -2.16. The van der Waals surface area contributed by atoms with Gasteiger partial charge in [0.15, 0.2) is 6.67 Å². The van der Waals surface area contributed by atoms with E-state index in [4.69, 9.17) is 4.74 Å². The Bertz CT molecular complexity index is 261. The van der Waals surface area contributed by atoms with E-state index in [1.54, 1.807) is 4.90 Å². The van der Waals surface area contributed by atoms with Gasteiger partial charge in [0, 0.05) is 6.61 Å². The van der Waals surface area contributed by atoms with E-state index < -0.39 is 0 Å². The zero-order chi connectivity index (χ0) is 15.2. The third-order valence-corrected chi connectivity index (χ3v) is 4.18. The first-order valence-electron chi connectivity index (χ1n) is 9.21. The van der Waals surface area contributed by atoms with E-state index in [0.717, 1.165) is 20.0 Å². The molecule has 0 saturated heterocycles. The van der Waals surface area contributed by atoms with Crippen molar-refractivity contribution in [2.45, 2.75) is 78.1 Å². The van der Waals surface area contributed by atoms with Gasteiger partial charge in [-0.1, -0.05) is 65.2 Å². The molecule has 0 saturated carbocycles. The molecule has 0 fully saturated rings. The smallest absolute Gasteiger partial charge is 0.158 e. The van der Waals surface area contributed by atoms with Crippen LogP contribution in [-0.2, 0) is 4.74 Å². The molecule has 22 heavy (non-hydrogen) atoms. The monoisotopic (exact) mass is 332 g/mol. The topological polar surface area (TPSA) is 16.9 Å². The molecular formula is C18H37ClN2O. The van der Waals surface area contributed by atoms with Crippen molar-refractivity contribution < 1.29 is 22.0 Å². The average Bonchev–Trinajstić information content (AvgIpc) is 2.95. The maximum atomic E-state index is 5.78. The largest absolute Gasteiger partial charge is 1.00 e. The van der Waals surface area contributed by atoms with Gasteiger partial charge in [0.1, 0.15) is 12.9 Å². The third-order valence-electron chi connectivity index (χ3n) is 4.18. The predicted molar refractivity (Wildman–Crippen MR) is 90.0 cm³/mol. The number of unbranched alkanes of at least 4 members (excludes halogenated alkanes) is 8. The van der Waals surface area contributed by atoms with Crippen LogP contribution < -0.4 is 17.3 Å². The molecule has 0 aromatic heterocycles. The second-order valence-electron chi connectivity index (χ2n) is 6.34. The van der Waals surface area contributed by atoms with E-state index in [0.29, 0.717) is 0 Å². The number of hydrogen-bond acceptors (Lipinski definition) is 2. The van der Waals surface area contributed by atoms with Crippen LogP contribution in [0.2, 0.25) is 0 Å². The highest BCUT2D eigenvalue weighted by Gasteiger charge is 2.15. The van der Waals surface area contributed by atoms with Crippen LogP contribution in [0.4, 0.5) is 0 Å². The molecule has 0 radical (unpaired) electrons. The van der Waals surface area contributed by atoms with Crippen LogP contribution in [0, 0.1) is 0 Å². The fourth-order valence-electron chi connectivity index (χ4n) is 2.75. The third kappa shape index (κ3) is 11.3. The van der Waals surface area contributed by atoms with Crippen LogP contribution in [-0.4, -0.2) is 31.5 Å². The van der Waals surface area contributed by atoms with Crippen molar-refractivity contribution in [3.05, 3.63) is 12.4 Å². The summed E-state index contributed by atoms with van der Waals surface area (Å²) < 4.78 is 5.78. The first kappa shape index (κ1) is 21.8. The quantitative estimate of drug-likeness (QED) is 0.467. The van der Waals surface area contributed by atoms with Crippen molar-refractivity contribution >= 4 is 0 Å². The van der Waals surface area contributed by atoms with Gasteiger partial charge in [0.25, 0.3) is 0 Å². The maximum Gasteiger partial charge on any atom is 0.158 e. The first-order valence-corrected chi connectivity index (χ1v) is 9.21. The van der Waals surface area contributed by atoms with Crippen molar-refractivity contribution in [2.24, 2.45) is 0 Å². The summed E-state index contributed by atoms with van der Waals surface area (Å²) in [6.07, 6.45) is 18.0. The number of ether oxygens (including phenoxy) is 1. The van der Waals surface area contributed by atoms with Crippen LogP contribution in [0.25, 0.3) is 0 Å². The predicted octanol–water partition coefficient (Wildman–Crippen LogP) is 0.535. The van der Waals surface area contributed by atoms with Crippen molar-refractivity contribution in [3.8, 4) is 0 Å². The normalized spacial score (nSPS) is 17.0. The maximum absolute atomic E-state index is 5.78. The summed E-state index contributed by atoms with van der Waals surface area (Å²) in [6, 6.07) is 0. The Kier molecular flexibility index (Phi) is 15.5. The van der Waals surface area contributed by atoms with Crippen molar-refractivity contribution in [3.63, 3.8) is 0 Å². The Morgan fingerprint density at radius 1 is 0.909 bits per heavy atom. The fourth-order valence-corrected chi connectivity index (χ4v) is 2.75. The van der Waals surface area contributed by atoms with Crippen LogP contribution in [0.5, 0.6) is 0 Å². The number of quaternary nitrogens is 1. The minimum atomic E-state index is 0. The molecule has 1 N–H and O–H groups in total. The summed E-state index contributed by atoms with van der Waals surface area (Å²) in [7, 11) is 0. The Morgan fingerprint density at radius 2 is 1.55 bits per heavy atom. The van der Waals surface area contributed by atoms with Gasteiger partial charge < -0.3 is 22.0 Å². The standard InChI is InChI=1S/C18H36N2O.ClH/c1-3-5-7-8-9-10-11-12-16-21-18-20-15-14-19(17-20)13-6-4-2;/h14-15H,3-13,16-18H2,1-2H3;1H. The number of halogens is 1. The van der Waals surface area contributed by atoms with Gasteiger partial charge in [0.05, 0.1) is 12.7 Å². The van der Waals surface area contributed by atoms with Gasteiger partial charge in [-0.3, -0.25) is 4.90 Å². The summed E-state index contributed by atoms with van der Waals surface area (Å²) in [5, 5.41) is 0. The SMILES string of the molecule is CCCCCCCCCCOCN1C=C[NH+](CCCC)C1.[Cl-]. The average molecular weight is 333 g/mol. The highest BCUT2D eigenvalue weighted by molar-refractivity contribution is 4.75. The van der Waals surface area contributed by atoms with Crippen LogP contribution in [0.3, 0.4) is 0 Å². The van der Waals surface area contributed by atoms with E-state index in [-0.39, 0.29) is 12.4 Å². The summed E-state index contributed by atoms with van der Waals surface area (Å²) >= 11 is 0. The van der Waals surface area contributed by atoms with E-state index in [2.05, 4.69) is 31.1 Å². The molecular weight excluding hydrogens is 296 g/mol. The molecule has 1 rings (SSSR count). The first-order chi connectivity index (χ1) is 10.4. The van der Waals surface area contributed by atoms with Crippen LogP contribution in [0.1, 0.15) is 78.1 Å². The summed E-state index contributed by atoms with van der Waals surface area (Å²) in [5.74, 6) is 0. The lowest BCUT2D eigenvalue weighted by Crippen LogP contribution is -3.07. The molecule has 132 valence electrons. The minimum Gasteiger partial charge on any atom is -1.00 e. The Labute approximate surface area is 144 Å². The van der Waals surface area contributed by atoms with E-state index >= 15 is 0 Å². The lowest BCUT2D eigenvalue weighted by atomic mass is 10.1. The Morgan fingerprint density at radius 3 is 2.23 bits per heavy atom. The molecule has 1 aliphatic heterocycles. The zero-order valence-electron chi connectivity index (χ0n) is 14.8. The number of nitrogens with zero attached hydrogens (tertiary/aromatic N) is 1. The molecule has 0 aliphatic carbocycles. The molecule has 0 spiro atoms. The molecule has 3 nitrogen and oxygen atoms in total. The van der Waals surface area contributed by atoms with Crippen molar-refractivity contribution in [1.29, 1.82) is 0 Å². The lowest BCUT2D eigenvalue weighted by molar-refractivity contribution is -0.849. The van der Waals surface area contributed by atoms with Gasteiger partial charge in [-0.25, -0.2) is 0 Å². The number of hydrogen-bond donors (Lipinski definition) is 1. The van der Waals surface area contributed by atoms with Crippen LogP contribution >= 0.6 is 0 Å². The molecule has 0 aromatic rings. The Hall–Kier alpha value is -0.250. The van der Waals surface area contributed by atoms with Gasteiger partial charge in [-0.2, -0.15) is 0 Å². The molecule has 0 aromatic carbocycles. The van der Waals surface area contributed by atoms with Crippen molar-refractivity contribution in [1.82, 2.24) is 4.90 Å². The highest BCUT2D eigenvalue weighted by Crippen LogP contribution is 2.08.